The van der Waals surface area contributed by atoms with Crippen molar-refractivity contribution in [2.24, 2.45) is 11.8 Å². The van der Waals surface area contributed by atoms with Gasteiger partial charge in [0.05, 0.1) is 21.3 Å². The average molecular weight is 573 g/mol. The van der Waals surface area contributed by atoms with E-state index >= 15 is 0 Å². The Bertz CT molecular complexity index is 1400. The van der Waals surface area contributed by atoms with Crippen LogP contribution in [0.15, 0.2) is 54.6 Å². The molecular formula is C34H40N2O6. The summed E-state index contributed by atoms with van der Waals surface area (Å²) >= 11 is 0. The predicted octanol–water partition coefficient (Wildman–Crippen LogP) is 5.53. The molecule has 8 heteroatoms. The van der Waals surface area contributed by atoms with Crippen LogP contribution in [-0.4, -0.2) is 69.1 Å². The van der Waals surface area contributed by atoms with E-state index in [9.17, 15) is 9.59 Å². The Morgan fingerprint density at radius 2 is 1.33 bits per heavy atom. The molecule has 5 rings (SSSR count). The summed E-state index contributed by atoms with van der Waals surface area (Å²) in [6, 6.07) is 17.2. The lowest BCUT2D eigenvalue weighted by Gasteiger charge is -2.24. The zero-order valence-corrected chi connectivity index (χ0v) is 25.1. The number of carbonyl (C=O) groups is 2. The number of aryl methyl sites for hydroxylation is 1. The number of hydrogen-bond acceptors (Lipinski definition) is 6. The molecule has 2 saturated heterocycles. The highest BCUT2D eigenvalue weighted by atomic mass is 16.5. The zero-order valence-electron chi connectivity index (χ0n) is 25.1. The number of benzene rings is 3. The van der Waals surface area contributed by atoms with Crippen molar-refractivity contribution < 1.29 is 28.5 Å². The normalized spacial score (nSPS) is 18.2. The van der Waals surface area contributed by atoms with Gasteiger partial charge in [-0.25, -0.2) is 0 Å². The van der Waals surface area contributed by atoms with Crippen LogP contribution in [0.2, 0.25) is 0 Å². The van der Waals surface area contributed by atoms with Crippen molar-refractivity contribution in [3.63, 3.8) is 0 Å². The Hall–Kier alpha value is -4.20. The second-order valence-corrected chi connectivity index (χ2v) is 11.2. The zero-order chi connectivity index (χ0) is 29.8. The quantitative estimate of drug-likeness (QED) is 0.353. The monoisotopic (exact) mass is 572 g/mol. The van der Waals surface area contributed by atoms with E-state index in [0.717, 1.165) is 29.5 Å². The first-order chi connectivity index (χ1) is 20.3. The second kappa shape index (κ2) is 12.8. The summed E-state index contributed by atoms with van der Waals surface area (Å²) in [5.74, 6) is 3.14. The van der Waals surface area contributed by atoms with E-state index in [2.05, 4.69) is 0 Å². The molecule has 222 valence electrons. The molecule has 0 aromatic heterocycles. The highest BCUT2D eigenvalue weighted by molar-refractivity contribution is 5.97. The summed E-state index contributed by atoms with van der Waals surface area (Å²) in [7, 11) is 4.81. The third-order valence-electron chi connectivity index (χ3n) is 8.67. The molecule has 0 unspecified atom stereocenters. The Kier molecular flexibility index (Phi) is 8.90. The largest absolute Gasteiger partial charge is 0.496 e. The summed E-state index contributed by atoms with van der Waals surface area (Å²) in [5, 5.41) is 0. The van der Waals surface area contributed by atoms with Crippen LogP contribution in [0.3, 0.4) is 0 Å². The predicted molar refractivity (Wildman–Crippen MR) is 161 cm³/mol. The van der Waals surface area contributed by atoms with Gasteiger partial charge in [0.2, 0.25) is 0 Å². The maximum Gasteiger partial charge on any atom is 0.254 e. The first-order valence-electron chi connectivity index (χ1n) is 14.5. The molecule has 2 aliphatic rings. The van der Waals surface area contributed by atoms with Crippen molar-refractivity contribution >= 4 is 11.8 Å². The molecule has 0 aliphatic carbocycles. The van der Waals surface area contributed by atoms with Gasteiger partial charge in [0.15, 0.2) is 11.5 Å². The molecule has 0 saturated carbocycles. The highest BCUT2D eigenvalue weighted by Gasteiger charge is 2.38. The molecule has 2 atom stereocenters. The van der Waals surface area contributed by atoms with Crippen molar-refractivity contribution in [3.05, 3.63) is 82.4 Å². The minimum Gasteiger partial charge on any atom is -0.496 e. The Labute approximate surface area is 248 Å². The number of hydrogen-bond donors (Lipinski definition) is 0. The fourth-order valence-corrected chi connectivity index (χ4v) is 6.18. The number of fused-ring (bicyclic) bond motifs is 1. The maximum atomic E-state index is 13.8. The number of carbonyl (C=O) groups excluding carboxylic acids is 2. The molecule has 42 heavy (non-hydrogen) atoms. The van der Waals surface area contributed by atoms with Crippen molar-refractivity contribution in [3.8, 4) is 23.0 Å². The number of nitrogens with zero attached hydrogens (tertiary/aromatic N) is 2. The maximum absolute atomic E-state index is 13.8. The number of methoxy groups -OCH3 is 3. The van der Waals surface area contributed by atoms with Gasteiger partial charge in [-0.3, -0.25) is 9.59 Å². The Morgan fingerprint density at radius 1 is 0.738 bits per heavy atom. The van der Waals surface area contributed by atoms with Gasteiger partial charge in [0.1, 0.15) is 18.1 Å². The summed E-state index contributed by atoms with van der Waals surface area (Å²) in [6.45, 7) is 6.91. The molecule has 0 spiro atoms. The molecule has 0 bridgehead atoms. The van der Waals surface area contributed by atoms with Gasteiger partial charge in [-0.15, -0.1) is 0 Å². The average Bonchev–Trinajstić information content (AvgIpc) is 3.32. The lowest BCUT2D eigenvalue weighted by Crippen LogP contribution is -2.34. The molecule has 2 fully saturated rings. The van der Waals surface area contributed by atoms with Crippen molar-refractivity contribution in [2.45, 2.75) is 33.3 Å². The van der Waals surface area contributed by atoms with Gasteiger partial charge in [0, 0.05) is 42.9 Å². The Balaban J connectivity index is 1.25. The molecule has 2 aliphatic heterocycles. The standard InChI is InChI=1S/C34H40N2O6/c1-22-15-31(41-5)32(42-21-24-9-7-6-8-10-24)18-28(22)34(38)35-13-11-25-19-36(20-26(25)12-14-35)33(37)27-16-29(39-3)23(2)30(17-27)40-4/h6-10,15-18,25-26H,11-14,19-21H2,1-5H3/t25-,26+. The third kappa shape index (κ3) is 6.03. The SMILES string of the molecule is COc1cc(C)c(C(=O)N2CC[C@@H]3CN(C(=O)c4cc(OC)c(C)c(OC)c4)C[C@@H]3CC2)cc1OCc1ccccc1. The first-order valence-corrected chi connectivity index (χ1v) is 14.5. The van der Waals surface area contributed by atoms with Gasteiger partial charge in [-0.2, -0.15) is 0 Å². The number of rotatable bonds is 8. The molecule has 2 amide bonds. The van der Waals surface area contributed by atoms with E-state index in [1.807, 2.05) is 66.1 Å². The van der Waals surface area contributed by atoms with Crippen LogP contribution >= 0.6 is 0 Å². The van der Waals surface area contributed by atoms with Gasteiger partial charge in [-0.05, 0) is 73.9 Å². The molecular weight excluding hydrogens is 532 g/mol. The lowest BCUT2D eigenvalue weighted by atomic mass is 9.92. The van der Waals surface area contributed by atoms with Crippen LogP contribution < -0.4 is 18.9 Å². The lowest BCUT2D eigenvalue weighted by molar-refractivity contribution is 0.0733. The minimum atomic E-state index is -0.00973. The van der Waals surface area contributed by atoms with Crippen LogP contribution in [0.1, 0.15) is 50.2 Å². The summed E-state index contributed by atoms with van der Waals surface area (Å²) < 4.78 is 22.6. The van der Waals surface area contributed by atoms with E-state index in [1.165, 1.54) is 0 Å². The minimum absolute atomic E-state index is 0.00599. The van der Waals surface area contributed by atoms with Crippen LogP contribution in [0.5, 0.6) is 23.0 Å². The Morgan fingerprint density at radius 3 is 1.90 bits per heavy atom. The van der Waals surface area contributed by atoms with Crippen LogP contribution in [0, 0.1) is 25.7 Å². The fraction of sp³-hybridized carbons (Fsp3) is 0.412. The molecule has 3 aromatic carbocycles. The summed E-state index contributed by atoms with van der Waals surface area (Å²) in [6.07, 6.45) is 1.71. The first kappa shape index (κ1) is 29.3. The molecule has 3 aromatic rings. The fourth-order valence-electron chi connectivity index (χ4n) is 6.18. The number of ether oxygens (including phenoxy) is 4. The second-order valence-electron chi connectivity index (χ2n) is 11.2. The van der Waals surface area contributed by atoms with Gasteiger partial charge >= 0.3 is 0 Å². The van der Waals surface area contributed by atoms with Crippen molar-refractivity contribution in [1.29, 1.82) is 0 Å². The molecule has 0 N–H and O–H groups in total. The van der Waals surface area contributed by atoms with Gasteiger partial charge in [0.25, 0.3) is 11.8 Å². The summed E-state index contributed by atoms with van der Waals surface area (Å²) in [5.41, 5.74) is 3.97. The molecule has 8 nitrogen and oxygen atoms in total. The van der Waals surface area contributed by atoms with E-state index in [-0.39, 0.29) is 11.8 Å². The van der Waals surface area contributed by atoms with Gasteiger partial charge in [-0.1, -0.05) is 30.3 Å². The van der Waals surface area contributed by atoms with Crippen molar-refractivity contribution in [1.82, 2.24) is 9.80 Å². The third-order valence-corrected chi connectivity index (χ3v) is 8.67. The smallest absolute Gasteiger partial charge is 0.254 e. The topological polar surface area (TPSA) is 77.5 Å². The number of likely N-dealkylation sites (tertiary alicyclic amines) is 2. The highest BCUT2D eigenvalue weighted by Crippen LogP contribution is 2.36. The van der Waals surface area contributed by atoms with E-state index in [1.54, 1.807) is 33.5 Å². The summed E-state index contributed by atoms with van der Waals surface area (Å²) in [4.78, 5) is 31.1. The molecule has 0 radical (unpaired) electrons. The van der Waals surface area contributed by atoms with Crippen LogP contribution in [0.25, 0.3) is 0 Å². The number of amides is 2. The van der Waals surface area contributed by atoms with Crippen LogP contribution in [-0.2, 0) is 6.61 Å². The van der Waals surface area contributed by atoms with Gasteiger partial charge < -0.3 is 28.7 Å². The van der Waals surface area contributed by atoms with E-state index in [4.69, 9.17) is 18.9 Å². The molecule has 2 heterocycles. The van der Waals surface area contributed by atoms with Crippen molar-refractivity contribution in [2.75, 3.05) is 47.5 Å². The van der Waals surface area contributed by atoms with E-state index < -0.39 is 0 Å². The van der Waals surface area contributed by atoms with Crippen LogP contribution in [0.4, 0.5) is 0 Å². The van der Waals surface area contributed by atoms with E-state index in [0.29, 0.717) is 78.7 Å².